The zero-order valence-electron chi connectivity index (χ0n) is 22.7. The van der Waals surface area contributed by atoms with E-state index in [-0.39, 0.29) is 5.75 Å². The maximum Gasteiger partial charge on any atom is 0.380 e. The molecule has 1 aromatic heterocycles. The van der Waals surface area contributed by atoms with E-state index in [1.807, 2.05) is 0 Å². The molecule has 0 amide bonds. The molecule has 0 spiro atoms. The molecule has 15 heteroatoms. The van der Waals surface area contributed by atoms with Crippen molar-refractivity contribution in [1.82, 2.24) is 9.55 Å². The number of halogens is 2. The first-order valence-corrected chi connectivity index (χ1v) is 14.2. The molecule has 2 aromatic rings. The molecule has 12 nitrogen and oxygen atoms in total. The Morgan fingerprint density at radius 1 is 1.27 bits per heavy atom. The SMILES string of the molecule is CC(C)OC(=O)[C@H](C)C[P@](=O)(Oc1ccccc1)OC(C)(C)[C@H]1O[C@@H](n2cc(F)c(=O)[nH]c2=O)C(N)(CF)[C@H]1O. The third-order valence-corrected chi connectivity index (χ3v) is 8.51. The van der Waals surface area contributed by atoms with Crippen molar-refractivity contribution in [3.8, 4) is 5.75 Å². The Balaban J connectivity index is 1.98. The number of nitrogens with one attached hydrogen (secondary N) is 1. The Morgan fingerprint density at radius 3 is 2.48 bits per heavy atom. The quantitative estimate of drug-likeness (QED) is 0.261. The minimum atomic E-state index is -4.26. The molecule has 3 rings (SSSR count). The van der Waals surface area contributed by atoms with Gasteiger partial charge in [0.05, 0.1) is 24.4 Å². The molecule has 1 aliphatic heterocycles. The number of aliphatic hydroxyl groups is 1. The van der Waals surface area contributed by atoms with E-state index in [0.717, 1.165) is 0 Å². The van der Waals surface area contributed by atoms with E-state index in [4.69, 9.17) is 24.3 Å². The summed E-state index contributed by atoms with van der Waals surface area (Å²) in [6, 6.07) is 7.99. The van der Waals surface area contributed by atoms with Gasteiger partial charge in [-0.15, -0.1) is 0 Å². The summed E-state index contributed by atoms with van der Waals surface area (Å²) in [5.74, 6) is -2.81. The van der Waals surface area contributed by atoms with Gasteiger partial charge in [0.1, 0.15) is 35.8 Å². The average molecular weight is 590 g/mol. The first-order chi connectivity index (χ1) is 18.5. The van der Waals surface area contributed by atoms with Crippen LogP contribution in [0.2, 0.25) is 0 Å². The summed E-state index contributed by atoms with van der Waals surface area (Å²) in [6.45, 7) is 6.07. The highest BCUT2D eigenvalue weighted by Crippen LogP contribution is 2.55. The van der Waals surface area contributed by atoms with Crippen molar-refractivity contribution in [3.05, 3.63) is 63.2 Å². The van der Waals surface area contributed by atoms with Gasteiger partial charge in [0, 0.05) is 0 Å². The molecule has 1 saturated heterocycles. The highest BCUT2D eigenvalue weighted by Gasteiger charge is 2.61. The highest BCUT2D eigenvalue weighted by atomic mass is 31.2. The predicted octanol–water partition coefficient (Wildman–Crippen LogP) is 2.26. The smallest absolute Gasteiger partial charge is 0.380 e. The Labute approximate surface area is 228 Å². The number of alkyl halides is 1. The van der Waals surface area contributed by atoms with Gasteiger partial charge in [0.2, 0.25) is 5.82 Å². The number of nitrogens with two attached hydrogens (primary N) is 1. The van der Waals surface area contributed by atoms with Crippen molar-refractivity contribution >= 4 is 13.6 Å². The van der Waals surface area contributed by atoms with Gasteiger partial charge in [-0.3, -0.25) is 23.7 Å². The number of carbonyl (C=O) groups is 1. The Morgan fingerprint density at radius 2 is 1.90 bits per heavy atom. The maximum absolute atomic E-state index is 14.3. The number of hydrogen-bond donors (Lipinski definition) is 3. The second-order valence-electron chi connectivity index (χ2n) is 10.5. The van der Waals surface area contributed by atoms with Crippen LogP contribution in [0, 0.1) is 11.7 Å². The molecule has 1 unspecified atom stereocenters. The molecular weight excluding hydrogens is 555 g/mol. The van der Waals surface area contributed by atoms with Crippen LogP contribution in [0.5, 0.6) is 5.75 Å². The lowest BCUT2D eigenvalue weighted by Crippen LogP contribution is -2.59. The topological polar surface area (TPSA) is 172 Å². The molecule has 0 radical (unpaired) electrons. The van der Waals surface area contributed by atoms with Gasteiger partial charge in [-0.2, -0.15) is 4.39 Å². The average Bonchev–Trinajstić information content (AvgIpc) is 3.12. The number of aliphatic hydroxyl groups excluding tert-OH is 1. The molecule has 40 heavy (non-hydrogen) atoms. The minimum absolute atomic E-state index is 0.157. The number of aromatic nitrogens is 2. The van der Waals surface area contributed by atoms with Crippen molar-refractivity contribution in [1.29, 1.82) is 0 Å². The summed E-state index contributed by atoms with van der Waals surface area (Å²) in [5, 5.41) is 11.1. The summed E-state index contributed by atoms with van der Waals surface area (Å²) < 4.78 is 65.7. The number of rotatable bonds is 11. The molecule has 0 aliphatic carbocycles. The monoisotopic (exact) mass is 589 g/mol. The van der Waals surface area contributed by atoms with Crippen LogP contribution in [-0.4, -0.2) is 62.9 Å². The molecule has 0 bridgehead atoms. The van der Waals surface area contributed by atoms with Crippen LogP contribution in [0.25, 0.3) is 0 Å². The maximum atomic E-state index is 14.3. The second-order valence-corrected chi connectivity index (χ2v) is 12.5. The fourth-order valence-electron chi connectivity index (χ4n) is 4.32. The van der Waals surface area contributed by atoms with Crippen molar-refractivity contribution in [2.24, 2.45) is 11.7 Å². The number of benzene rings is 1. The van der Waals surface area contributed by atoms with E-state index < -0.39 is 85.1 Å². The number of para-hydroxylation sites is 1. The highest BCUT2D eigenvalue weighted by molar-refractivity contribution is 7.54. The van der Waals surface area contributed by atoms with Gasteiger partial charge in [0.15, 0.2) is 6.23 Å². The summed E-state index contributed by atoms with van der Waals surface area (Å²) >= 11 is 0. The van der Waals surface area contributed by atoms with Crippen molar-refractivity contribution in [2.75, 3.05) is 12.8 Å². The molecule has 222 valence electrons. The fourth-order valence-corrected chi connectivity index (χ4v) is 6.59. The van der Waals surface area contributed by atoms with Gasteiger partial charge < -0.3 is 24.8 Å². The van der Waals surface area contributed by atoms with Crippen molar-refractivity contribution in [2.45, 2.75) is 70.3 Å². The molecule has 1 fully saturated rings. The van der Waals surface area contributed by atoms with Crippen molar-refractivity contribution < 1.29 is 41.8 Å². The lowest BCUT2D eigenvalue weighted by Gasteiger charge is -2.37. The Kier molecular flexibility index (Phi) is 9.42. The van der Waals surface area contributed by atoms with Crippen LogP contribution in [0.1, 0.15) is 40.8 Å². The van der Waals surface area contributed by atoms with E-state index >= 15 is 0 Å². The molecule has 2 heterocycles. The van der Waals surface area contributed by atoms with E-state index in [9.17, 15) is 32.8 Å². The van der Waals surface area contributed by atoms with Crippen LogP contribution in [0.15, 0.2) is 46.1 Å². The van der Waals surface area contributed by atoms with Gasteiger partial charge in [-0.05, 0) is 39.8 Å². The number of aromatic amines is 1. The standard InChI is InChI=1S/C25H34F2N3O9P/c1-14(2)36-21(33)15(3)12-40(35,38-16-9-7-6-8-10-16)39-24(4,5)19-18(31)25(28,13-26)22(37-19)30-11-17(27)20(32)29-23(30)34/h6-11,14-15,18-19,22,31H,12-13,28H2,1-5H3,(H,29,32,34)/t15-,18+,19+,22-,25?,40+/m1/s1. The molecular formula is C25H34F2N3O9P. The largest absolute Gasteiger partial charge is 0.463 e. The third-order valence-electron chi connectivity index (χ3n) is 6.28. The molecule has 1 aliphatic rings. The number of carbonyl (C=O) groups excluding carboxylic acids is 1. The molecule has 4 N–H and O–H groups in total. The molecule has 0 saturated carbocycles. The van der Waals surface area contributed by atoms with Crippen LogP contribution in [-0.2, 0) is 23.4 Å². The van der Waals surface area contributed by atoms with Gasteiger partial charge in [0.25, 0.3) is 5.56 Å². The lowest BCUT2D eigenvalue weighted by atomic mass is 9.86. The van der Waals surface area contributed by atoms with E-state index in [1.54, 1.807) is 37.0 Å². The predicted molar refractivity (Wildman–Crippen MR) is 139 cm³/mol. The van der Waals surface area contributed by atoms with E-state index in [2.05, 4.69) is 0 Å². The number of nitrogens with zero attached hydrogens (tertiary/aromatic N) is 1. The zero-order valence-corrected chi connectivity index (χ0v) is 23.6. The molecule has 6 atom stereocenters. The summed E-state index contributed by atoms with van der Waals surface area (Å²) in [7, 11) is -4.26. The van der Waals surface area contributed by atoms with Crippen molar-refractivity contribution in [3.63, 3.8) is 0 Å². The minimum Gasteiger partial charge on any atom is -0.463 e. The normalized spacial score (nSPS) is 25.4. The summed E-state index contributed by atoms with van der Waals surface area (Å²) in [5.41, 5.74) is -0.410. The third kappa shape index (κ3) is 6.69. The van der Waals surface area contributed by atoms with E-state index in [1.165, 1.54) is 32.9 Å². The van der Waals surface area contributed by atoms with Gasteiger partial charge in [-0.25, -0.2) is 13.8 Å². The Bertz CT molecular complexity index is 1370. The number of hydrogen-bond acceptors (Lipinski definition) is 10. The van der Waals surface area contributed by atoms with Crippen LogP contribution >= 0.6 is 7.60 Å². The van der Waals surface area contributed by atoms with Crippen LogP contribution in [0.3, 0.4) is 0 Å². The second kappa shape index (κ2) is 11.9. The number of esters is 1. The van der Waals surface area contributed by atoms with Gasteiger partial charge in [-0.1, -0.05) is 25.1 Å². The van der Waals surface area contributed by atoms with E-state index in [0.29, 0.717) is 10.8 Å². The first-order valence-electron chi connectivity index (χ1n) is 12.5. The molecule has 1 aromatic carbocycles. The summed E-state index contributed by atoms with van der Waals surface area (Å²) in [6.07, 6.45) is -5.62. The summed E-state index contributed by atoms with van der Waals surface area (Å²) in [4.78, 5) is 38.1. The number of H-pyrrole nitrogens is 1. The van der Waals surface area contributed by atoms with Crippen LogP contribution in [0.4, 0.5) is 8.78 Å². The number of ether oxygens (including phenoxy) is 2. The first kappa shape index (κ1) is 31.6. The Hall–Kier alpha value is -2.90. The van der Waals surface area contributed by atoms with Crippen LogP contribution < -0.4 is 21.5 Å². The lowest BCUT2D eigenvalue weighted by molar-refractivity contribution is -0.151. The van der Waals surface area contributed by atoms with Gasteiger partial charge >= 0.3 is 19.3 Å². The zero-order chi connectivity index (χ0) is 30.0. The fraction of sp³-hybridized carbons (Fsp3) is 0.560.